The summed E-state index contributed by atoms with van der Waals surface area (Å²) in [4.78, 5) is 0. The Kier molecular flexibility index (Phi) is 4.85. The maximum Gasteiger partial charge on any atom is 0.169 e. The predicted octanol–water partition coefficient (Wildman–Crippen LogP) is 4.10. The highest BCUT2D eigenvalue weighted by Crippen LogP contribution is 2.34. The van der Waals surface area contributed by atoms with E-state index < -0.39 is 0 Å². The van der Waals surface area contributed by atoms with Gasteiger partial charge in [-0.2, -0.15) is 0 Å². The fourth-order valence-electron chi connectivity index (χ4n) is 1.94. The van der Waals surface area contributed by atoms with Gasteiger partial charge in [-0.3, -0.25) is 5.41 Å². The minimum Gasteiger partial charge on any atom is -0.493 e. The van der Waals surface area contributed by atoms with Crippen LogP contribution in [0, 0.1) is 5.41 Å². The van der Waals surface area contributed by atoms with Crippen LogP contribution in [0.4, 0.5) is 0 Å². The molecule has 0 fully saturated rings. The van der Waals surface area contributed by atoms with Crippen LogP contribution >= 0.6 is 15.9 Å². The van der Waals surface area contributed by atoms with Crippen LogP contribution in [0.15, 0.2) is 40.9 Å². The van der Waals surface area contributed by atoms with E-state index in [2.05, 4.69) is 22.9 Å². The Balaban J connectivity index is 2.40. The van der Waals surface area contributed by atoms with E-state index >= 15 is 0 Å². The number of benzene rings is 2. The molecule has 21 heavy (non-hydrogen) atoms. The zero-order chi connectivity index (χ0) is 15.4. The first-order valence-electron chi connectivity index (χ1n) is 6.54. The lowest BCUT2D eigenvalue weighted by molar-refractivity contribution is 0.378. The molecule has 0 atom stereocenters. The Morgan fingerprint density at radius 2 is 1.86 bits per heavy atom. The summed E-state index contributed by atoms with van der Waals surface area (Å²) < 4.78 is 12.1. The predicted molar refractivity (Wildman–Crippen MR) is 87.6 cm³/mol. The van der Waals surface area contributed by atoms with E-state index in [0.717, 1.165) is 10.9 Å². The summed E-state index contributed by atoms with van der Waals surface area (Å²) >= 11 is 3.36. The van der Waals surface area contributed by atoms with E-state index in [1.165, 1.54) is 5.56 Å². The van der Waals surface area contributed by atoms with E-state index in [1.54, 1.807) is 19.2 Å². The van der Waals surface area contributed by atoms with Crippen molar-refractivity contribution in [1.82, 2.24) is 0 Å². The van der Waals surface area contributed by atoms with Gasteiger partial charge in [-0.1, -0.05) is 28.9 Å². The average Bonchev–Trinajstić information content (AvgIpc) is 2.49. The highest BCUT2D eigenvalue weighted by Gasteiger charge is 2.12. The number of nitrogens with one attached hydrogen (secondary N) is 1. The SMILES string of the molecule is CCc1ccc(Oc2ccc(Br)cc2C(=N)N)c(OC)c1. The van der Waals surface area contributed by atoms with Crippen molar-refractivity contribution in [2.24, 2.45) is 5.73 Å². The van der Waals surface area contributed by atoms with Crippen LogP contribution in [-0.4, -0.2) is 12.9 Å². The summed E-state index contributed by atoms with van der Waals surface area (Å²) in [7, 11) is 1.61. The molecule has 2 aromatic rings. The molecule has 0 saturated heterocycles. The van der Waals surface area contributed by atoms with Gasteiger partial charge in [0.15, 0.2) is 11.5 Å². The first-order chi connectivity index (χ1) is 10.0. The molecule has 0 amide bonds. The van der Waals surface area contributed by atoms with Gasteiger partial charge in [-0.15, -0.1) is 0 Å². The topological polar surface area (TPSA) is 68.3 Å². The first-order valence-corrected chi connectivity index (χ1v) is 7.33. The largest absolute Gasteiger partial charge is 0.493 e. The number of hydrogen-bond acceptors (Lipinski definition) is 3. The second-order valence-corrected chi connectivity index (χ2v) is 5.41. The van der Waals surface area contributed by atoms with E-state index in [-0.39, 0.29) is 5.84 Å². The van der Waals surface area contributed by atoms with Crippen molar-refractivity contribution >= 4 is 21.8 Å². The van der Waals surface area contributed by atoms with Gasteiger partial charge in [0.05, 0.1) is 12.7 Å². The summed E-state index contributed by atoms with van der Waals surface area (Å²) in [5.74, 6) is 1.73. The maximum atomic E-state index is 7.65. The Hall–Kier alpha value is -2.01. The van der Waals surface area contributed by atoms with Gasteiger partial charge in [-0.05, 0) is 42.3 Å². The van der Waals surface area contributed by atoms with Crippen LogP contribution in [0.5, 0.6) is 17.2 Å². The lowest BCUT2D eigenvalue weighted by Crippen LogP contribution is -2.12. The summed E-state index contributed by atoms with van der Waals surface area (Å²) in [5, 5.41) is 7.65. The lowest BCUT2D eigenvalue weighted by Gasteiger charge is -2.14. The number of amidine groups is 1. The van der Waals surface area contributed by atoms with Crippen LogP contribution in [0.2, 0.25) is 0 Å². The van der Waals surface area contributed by atoms with Gasteiger partial charge in [0.25, 0.3) is 0 Å². The molecule has 0 spiro atoms. The third kappa shape index (κ3) is 3.55. The number of aryl methyl sites for hydroxylation is 1. The molecule has 4 nitrogen and oxygen atoms in total. The summed E-state index contributed by atoms with van der Waals surface area (Å²) in [6, 6.07) is 11.2. The van der Waals surface area contributed by atoms with Crippen LogP contribution in [-0.2, 0) is 6.42 Å². The summed E-state index contributed by atoms with van der Waals surface area (Å²) in [6.45, 7) is 2.08. The minimum atomic E-state index is -0.0459. The number of nitrogen functional groups attached to an aromatic ring is 1. The zero-order valence-electron chi connectivity index (χ0n) is 11.9. The molecular weight excluding hydrogens is 332 g/mol. The molecule has 0 aliphatic rings. The third-order valence-electron chi connectivity index (χ3n) is 3.09. The zero-order valence-corrected chi connectivity index (χ0v) is 13.5. The number of nitrogens with two attached hydrogens (primary N) is 1. The molecule has 3 N–H and O–H groups in total. The van der Waals surface area contributed by atoms with Crippen LogP contribution < -0.4 is 15.2 Å². The second-order valence-electron chi connectivity index (χ2n) is 4.49. The molecule has 0 bridgehead atoms. The van der Waals surface area contributed by atoms with Gasteiger partial charge in [0.2, 0.25) is 0 Å². The fraction of sp³-hybridized carbons (Fsp3) is 0.188. The van der Waals surface area contributed by atoms with E-state index in [1.807, 2.05) is 24.3 Å². The van der Waals surface area contributed by atoms with Crippen molar-refractivity contribution in [3.05, 3.63) is 52.0 Å². The molecule has 0 saturated carbocycles. The minimum absolute atomic E-state index is 0.0459. The number of methoxy groups -OCH3 is 1. The van der Waals surface area contributed by atoms with Gasteiger partial charge in [0.1, 0.15) is 11.6 Å². The Morgan fingerprint density at radius 1 is 1.14 bits per heavy atom. The van der Waals surface area contributed by atoms with E-state index in [4.69, 9.17) is 20.6 Å². The van der Waals surface area contributed by atoms with Gasteiger partial charge >= 0.3 is 0 Å². The highest BCUT2D eigenvalue weighted by atomic mass is 79.9. The number of hydrogen-bond donors (Lipinski definition) is 2. The van der Waals surface area contributed by atoms with Crippen molar-refractivity contribution in [2.75, 3.05) is 7.11 Å². The van der Waals surface area contributed by atoms with Crippen LogP contribution in [0.3, 0.4) is 0 Å². The molecule has 0 aliphatic carbocycles. The fourth-order valence-corrected chi connectivity index (χ4v) is 2.30. The van der Waals surface area contributed by atoms with Gasteiger partial charge < -0.3 is 15.2 Å². The molecule has 2 aromatic carbocycles. The highest BCUT2D eigenvalue weighted by molar-refractivity contribution is 9.10. The lowest BCUT2D eigenvalue weighted by atomic mass is 10.1. The van der Waals surface area contributed by atoms with Gasteiger partial charge in [-0.25, -0.2) is 0 Å². The normalized spacial score (nSPS) is 10.2. The molecule has 110 valence electrons. The molecule has 0 heterocycles. The first kappa shape index (κ1) is 15.4. The van der Waals surface area contributed by atoms with Crippen molar-refractivity contribution in [2.45, 2.75) is 13.3 Å². The van der Waals surface area contributed by atoms with E-state index in [0.29, 0.717) is 22.8 Å². The summed E-state index contributed by atoms with van der Waals surface area (Å²) in [5.41, 5.74) is 7.31. The standard InChI is InChI=1S/C16H17BrN2O2/c1-3-10-4-6-14(15(8-10)20-2)21-13-7-5-11(17)9-12(13)16(18)19/h4-9H,3H2,1-2H3,(H3,18,19). The molecule has 0 radical (unpaired) electrons. The van der Waals surface area contributed by atoms with Crippen LogP contribution in [0.25, 0.3) is 0 Å². The molecule has 0 unspecified atom stereocenters. The van der Waals surface area contributed by atoms with Crippen molar-refractivity contribution in [3.8, 4) is 17.2 Å². The smallest absolute Gasteiger partial charge is 0.169 e. The molecule has 5 heteroatoms. The molecule has 2 rings (SSSR count). The van der Waals surface area contributed by atoms with Crippen LogP contribution in [0.1, 0.15) is 18.1 Å². The van der Waals surface area contributed by atoms with Gasteiger partial charge in [0, 0.05) is 4.47 Å². The quantitative estimate of drug-likeness (QED) is 0.631. The van der Waals surface area contributed by atoms with Crippen molar-refractivity contribution < 1.29 is 9.47 Å². The number of ether oxygens (including phenoxy) is 2. The monoisotopic (exact) mass is 348 g/mol. The Bertz CT molecular complexity index is 671. The molecule has 0 aromatic heterocycles. The summed E-state index contributed by atoms with van der Waals surface area (Å²) in [6.07, 6.45) is 0.924. The average molecular weight is 349 g/mol. The van der Waals surface area contributed by atoms with Crippen molar-refractivity contribution in [1.29, 1.82) is 5.41 Å². The number of halogens is 1. The maximum absolute atomic E-state index is 7.65. The Labute approximate surface area is 132 Å². The third-order valence-corrected chi connectivity index (χ3v) is 3.58. The van der Waals surface area contributed by atoms with E-state index in [9.17, 15) is 0 Å². The second kappa shape index (κ2) is 6.63. The van der Waals surface area contributed by atoms with Crippen molar-refractivity contribution in [3.63, 3.8) is 0 Å². The Morgan fingerprint density at radius 3 is 2.48 bits per heavy atom. The molecule has 0 aliphatic heterocycles. The molecular formula is C16H17BrN2O2. The number of rotatable bonds is 5.